The van der Waals surface area contributed by atoms with Crippen LogP contribution in [-0.2, 0) is 19.9 Å². The first kappa shape index (κ1) is 19.4. The van der Waals surface area contributed by atoms with E-state index in [2.05, 4.69) is 26.1 Å². The fraction of sp³-hybridized carbons (Fsp3) is 0.269. The highest BCUT2D eigenvalue weighted by molar-refractivity contribution is 9.10. The van der Waals surface area contributed by atoms with Gasteiger partial charge in [0.2, 0.25) is 17.7 Å². The smallest absolute Gasteiger partial charge is 0.250 e. The molecule has 3 fully saturated rings. The average molecular weight is 502 g/mol. The fourth-order valence-electron chi connectivity index (χ4n) is 6.82. The zero-order chi connectivity index (χ0) is 22.5. The van der Waals surface area contributed by atoms with Crippen LogP contribution in [0.1, 0.15) is 18.4 Å². The Kier molecular flexibility index (Phi) is 3.84. The summed E-state index contributed by atoms with van der Waals surface area (Å²) in [5.74, 6) is -1.94. The van der Waals surface area contributed by atoms with E-state index in [1.807, 2.05) is 60.7 Å². The molecule has 1 spiro atoms. The SMILES string of the molecule is O=C1C2C3CCCN3C3(C(=O)Nc4ccc(Br)cc43)C2C(=O)N1c1cccc2ccccc12. The van der Waals surface area contributed by atoms with E-state index in [0.717, 1.165) is 39.3 Å². The van der Waals surface area contributed by atoms with Gasteiger partial charge in [0.1, 0.15) is 5.54 Å². The molecule has 7 rings (SSSR count). The second kappa shape index (κ2) is 6.52. The first-order valence-corrected chi connectivity index (χ1v) is 12.1. The third-order valence-electron chi connectivity index (χ3n) is 7.96. The first-order chi connectivity index (χ1) is 16.0. The van der Waals surface area contributed by atoms with Crippen molar-refractivity contribution >= 4 is 55.8 Å². The van der Waals surface area contributed by atoms with Crippen molar-refractivity contribution in [1.82, 2.24) is 4.90 Å². The van der Waals surface area contributed by atoms with E-state index in [9.17, 15) is 14.4 Å². The number of nitrogens with zero attached hydrogens (tertiary/aromatic N) is 2. The van der Waals surface area contributed by atoms with Crippen LogP contribution in [0.4, 0.5) is 11.4 Å². The molecule has 3 aromatic rings. The summed E-state index contributed by atoms with van der Waals surface area (Å²) < 4.78 is 0.846. The molecule has 4 atom stereocenters. The maximum absolute atomic E-state index is 14.2. The van der Waals surface area contributed by atoms with Crippen LogP contribution in [0.15, 0.2) is 65.1 Å². The lowest BCUT2D eigenvalue weighted by Crippen LogP contribution is -2.54. The molecule has 0 aliphatic carbocycles. The average Bonchev–Trinajstić information content (AvgIpc) is 3.52. The van der Waals surface area contributed by atoms with Crippen molar-refractivity contribution in [3.63, 3.8) is 0 Å². The minimum absolute atomic E-state index is 0.123. The van der Waals surface area contributed by atoms with E-state index >= 15 is 0 Å². The first-order valence-electron chi connectivity index (χ1n) is 11.3. The molecule has 0 saturated carbocycles. The molecule has 164 valence electrons. The summed E-state index contributed by atoms with van der Waals surface area (Å²) >= 11 is 3.54. The van der Waals surface area contributed by atoms with Crippen molar-refractivity contribution in [2.24, 2.45) is 11.8 Å². The molecular weight excluding hydrogens is 482 g/mol. The van der Waals surface area contributed by atoms with E-state index in [4.69, 9.17) is 0 Å². The highest BCUT2D eigenvalue weighted by atomic mass is 79.9. The molecular formula is C26H20BrN3O3. The lowest BCUT2D eigenvalue weighted by molar-refractivity contribution is -0.135. The number of anilines is 2. The van der Waals surface area contributed by atoms with Crippen molar-refractivity contribution in [3.05, 3.63) is 70.7 Å². The van der Waals surface area contributed by atoms with Crippen molar-refractivity contribution in [2.75, 3.05) is 16.8 Å². The Morgan fingerprint density at radius 1 is 0.970 bits per heavy atom. The number of rotatable bonds is 1. The van der Waals surface area contributed by atoms with E-state index in [0.29, 0.717) is 12.2 Å². The Morgan fingerprint density at radius 2 is 1.79 bits per heavy atom. The van der Waals surface area contributed by atoms with Crippen molar-refractivity contribution in [1.29, 1.82) is 0 Å². The lowest BCUT2D eigenvalue weighted by atomic mass is 9.75. The Hall–Kier alpha value is -3.03. The van der Waals surface area contributed by atoms with Crippen LogP contribution in [0.5, 0.6) is 0 Å². The molecule has 6 nitrogen and oxygen atoms in total. The van der Waals surface area contributed by atoms with Crippen LogP contribution in [-0.4, -0.2) is 35.2 Å². The highest BCUT2D eigenvalue weighted by Gasteiger charge is 2.74. The number of nitrogens with one attached hydrogen (secondary N) is 1. The van der Waals surface area contributed by atoms with Gasteiger partial charge in [0.15, 0.2) is 0 Å². The molecule has 3 amide bonds. The minimum Gasteiger partial charge on any atom is -0.324 e. The number of carbonyl (C=O) groups is 3. The van der Waals surface area contributed by atoms with Crippen molar-refractivity contribution in [3.8, 4) is 0 Å². The van der Waals surface area contributed by atoms with Crippen LogP contribution in [0.25, 0.3) is 10.8 Å². The fourth-order valence-corrected chi connectivity index (χ4v) is 7.18. The second-order valence-electron chi connectivity index (χ2n) is 9.33. The molecule has 7 heteroatoms. The van der Waals surface area contributed by atoms with Crippen LogP contribution in [0.3, 0.4) is 0 Å². The minimum atomic E-state index is -1.16. The number of halogens is 1. The number of imide groups is 1. The maximum Gasteiger partial charge on any atom is 0.250 e. The number of hydrogen-bond donors (Lipinski definition) is 1. The van der Waals surface area contributed by atoms with Gasteiger partial charge >= 0.3 is 0 Å². The largest absolute Gasteiger partial charge is 0.324 e. The Labute approximate surface area is 198 Å². The Bertz CT molecular complexity index is 1400. The topological polar surface area (TPSA) is 69.7 Å². The van der Waals surface area contributed by atoms with Gasteiger partial charge in [0.05, 0.1) is 17.5 Å². The van der Waals surface area contributed by atoms with Crippen LogP contribution in [0.2, 0.25) is 0 Å². The molecule has 4 unspecified atom stereocenters. The van der Waals surface area contributed by atoms with Crippen LogP contribution in [0, 0.1) is 11.8 Å². The lowest BCUT2D eigenvalue weighted by Gasteiger charge is -2.36. The van der Waals surface area contributed by atoms with Gasteiger partial charge in [-0.25, -0.2) is 4.90 Å². The normalized spacial score (nSPS) is 30.3. The third-order valence-corrected chi connectivity index (χ3v) is 8.46. The number of hydrogen-bond acceptors (Lipinski definition) is 4. The molecule has 33 heavy (non-hydrogen) atoms. The van der Waals surface area contributed by atoms with Crippen molar-refractivity contribution in [2.45, 2.75) is 24.4 Å². The summed E-state index contributed by atoms with van der Waals surface area (Å²) in [6, 6.07) is 19.0. The standard InChI is InChI=1S/C26H20BrN3O3/c27-15-10-11-18-17(13-15)26(25(33)28-18)22-21(20-9-4-12-29(20)26)23(31)30(24(22)32)19-8-3-6-14-5-1-2-7-16(14)19/h1-3,5-8,10-11,13,20-22H,4,9,12H2,(H,28,33). The molecule has 0 radical (unpaired) electrons. The second-order valence-corrected chi connectivity index (χ2v) is 10.2. The van der Waals surface area contributed by atoms with Gasteiger partial charge in [0, 0.05) is 27.2 Å². The van der Waals surface area contributed by atoms with Gasteiger partial charge in [-0.05, 0) is 49.0 Å². The predicted octanol–water partition coefficient (Wildman–Crippen LogP) is 4.03. The molecule has 1 N–H and O–H groups in total. The zero-order valence-electron chi connectivity index (χ0n) is 17.6. The summed E-state index contributed by atoms with van der Waals surface area (Å²) in [4.78, 5) is 45.3. The Morgan fingerprint density at radius 3 is 2.67 bits per heavy atom. The summed E-state index contributed by atoms with van der Waals surface area (Å²) in [6.45, 7) is 0.700. The van der Waals surface area contributed by atoms with Gasteiger partial charge in [0.25, 0.3) is 0 Å². The van der Waals surface area contributed by atoms with Crippen LogP contribution < -0.4 is 10.2 Å². The monoisotopic (exact) mass is 501 g/mol. The quantitative estimate of drug-likeness (QED) is 0.511. The Balaban J connectivity index is 1.46. The van der Waals surface area contributed by atoms with Gasteiger partial charge in [-0.3, -0.25) is 19.3 Å². The third kappa shape index (κ3) is 2.24. The summed E-state index contributed by atoms with van der Waals surface area (Å²) in [7, 11) is 0. The molecule has 4 aliphatic heterocycles. The number of amides is 3. The highest BCUT2D eigenvalue weighted by Crippen LogP contribution is 2.61. The van der Waals surface area contributed by atoms with Crippen LogP contribution >= 0.6 is 15.9 Å². The van der Waals surface area contributed by atoms with Crippen molar-refractivity contribution < 1.29 is 14.4 Å². The van der Waals surface area contributed by atoms with E-state index in [-0.39, 0.29) is 23.8 Å². The summed E-state index contributed by atoms with van der Waals surface area (Å²) in [6.07, 6.45) is 1.71. The van der Waals surface area contributed by atoms with E-state index in [1.54, 1.807) is 0 Å². The summed E-state index contributed by atoms with van der Waals surface area (Å²) in [5.41, 5.74) is 0.961. The molecule has 3 aromatic carbocycles. The molecule has 0 aromatic heterocycles. The van der Waals surface area contributed by atoms with Gasteiger partial charge in [-0.2, -0.15) is 0 Å². The predicted molar refractivity (Wildman–Crippen MR) is 128 cm³/mol. The molecule has 0 bridgehead atoms. The zero-order valence-corrected chi connectivity index (χ0v) is 19.2. The van der Waals surface area contributed by atoms with Gasteiger partial charge in [-0.1, -0.05) is 52.3 Å². The van der Waals surface area contributed by atoms with Gasteiger partial charge in [-0.15, -0.1) is 0 Å². The number of benzene rings is 3. The van der Waals surface area contributed by atoms with E-state index < -0.39 is 17.4 Å². The van der Waals surface area contributed by atoms with E-state index in [1.165, 1.54) is 4.90 Å². The molecule has 4 aliphatic rings. The van der Waals surface area contributed by atoms with Gasteiger partial charge < -0.3 is 5.32 Å². The molecule has 4 heterocycles. The number of fused-ring (bicyclic) bond motifs is 8. The maximum atomic E-state index is 14.2. The summed E-state index contributed by atoms with van der Waals surface area (Å²) in [5, 5.41) is 4.85. The molecule has 3 saturated heterocycles. The number of carbonyl (C=O) groups excluding carboxylic acids is 3.